The molecule has 4 rings (SSSR count). The van der Waals surface area contributed by atoms with Crippen LogP contribution in [-0.2, 0) is 4.79 Å². The lowest BCUT2D eigenvalue weighted by atomic mass is 10.1. The Kier molecular flexibility index (Phi) is 4.98. The topological polar surface area (TPSA) is 89.0 Å². The number of aliphatic hydroxyl groups is 1. The van der Waals surface area contributed by atoms with E-state index in [9.17, 15) is 14.7 Å². The monoisotopic (exact) mass is 403 g/mol. The number of β-amino-alcohol motifs (C(OH)–C–C–N with tert-alkyl or cyclic N) is 1. The van der Waals surface area contributed by atoms with Crippen LogP contribution in [0.2, 0.25) is 0 Å². The van der Waals surface area contributed by atoms with E-state index in [0.29, 0.717) is 6.54 Å². The number of benzene rings is 1. The number of carbonyl (C=O) groups is 2. The van der Waals surface area contributed by atoms with Gasteiger partial charge in [0, 0.05) is 38.1 Å². The van der Waals surface area contributed by atoms with Crippen LogP contribution in [0, 0.1) is 0 Å². The number of urea groups is 1. The number of rotatable bonds is 5. The summed E-state index contributed by atoms with van der Waals surface area (Å²) in [5.74, 6) is 0.735. The summed E-state index contributed by atoms with van der Waals surface area (Å²) in [6.45, 7) is 7.05. The van der Waals surface area contributed by atoms with Crippen LogP contribution in [0.25, 0.3) is 10.1 Å². The second-order valence-electron chi connectivity index (χ2n) is 7.91. The molecule has 0 bridgehead atoms. The van der Waals surface area contributed by atoms with Crippen molar-refractivity contribution in [1.82, 2.24) is 19.5 Å². The van der Waals surface area contributed by atoms with Gasteiger partial charge in [0.05, 0.1) is 17.3 Å². The van der Waals surface area contributed by atoms with Gasteiger partial charge in [-0.15, -0.1) is 0 Å². The van der Waals surface area contributed by atoms with Crippen LogP contribution < -0.4 is 10.2 Å². The fourth-order valence-corrected chi connectivity index (χ4v) is 4.59. The second kappa shape index (κ2) is 7.31. The standard InChI is InChI=1S/C19H25N5O3S/c1-19(2)17(26)24(18(27)20-19)12-13(25)11-22-7-9-23(10-8-22)16-14-5-3-4-6-15(14)28-21-16/h3-6,13,25H,7-12H2,1-2H3,(H,20,27)/t13-/m1/s1. The molecular weight excluding hydrogens is 378 g/mol. The molecule has 2 N–H and O–H groups in total. The lowest BCUT2D eigenvalue weighted by molar-refractivity contribution is -0.131. The molecular formula is C19H25N5O3S. The minimum atomic E-state index is -0.904. The molecule has 0 saturated carbocycles. The first-order valence-electron chi connectivity index (χ1n) is 9.49. The molecule has 1 aromatic carbocycles. The Morgan fingerprint density at radius 1 is 1.18 bits per heavy atom. The zero-order chi connectivity index (χ0) is 19.9. The first-order valence-corrected chi connectivity index (χ1v) is 10.3. The molecule has 2 aliphatic rings. The molecule has 2 aromatic rings. The summed E-state index contributed by atoms with van der Waals surface area (Å²) in [6, 6.07) is 7.80. The van der Waals surface area contributed by atoms with Crippen LogP contribution in [-0.4, -0.2) is 82.1 Å². The number of fused-ring (bicyclic) bond motifs is 1. The number of anilines is 1. The first kappa shape index (κ1) is 19.1. The second-order valence-corrected chi connectivity index (χ2v) is 8.72. The molecule has 1 atom stereocenters. The summed E-state index contributed by atoms with van der Waals surface area (Å²) in [6.07, 6.45) is -0.768. The Labute approximate surface area is 167 Å². The molecule has 9 heteroatoms. The Balaban J connectivity index is 1.31. The van der Waals surface area contributed by atoms with Crippen molar-refractivity contribution in [2.45, 2.75) is 25.5 Å². The molecule has 2 aliphatic heterocycles. The minimum absolute atomic E-state index is 0.0189. The van der Waals surface area contributed by atoms with Crippen LogP contribution in [0.15, 0.2) is 24.3 Å². The first-order chi connectivity index (χ1) is 13.3. The summed E-state index contributed by atoms with van der Waals surface area (Å²) < 4.78 is 5.80. The van der Waals surface area contributed by atoms with Gasteiger partial charge in [-0.2, -0.15) is 4.37 Å². The number of imide groups is 1. The molecule has 1 aromatic heterocycles. The van der Waals surface area contributed by atoms with Gasteiger partial charge in [-0.3, -0.25) is 14.6 Å². The van der Waals surface area contributed by atoms with Crippen molar-refractivity contribution < 1.29 is 14.7 Å². The number of amides is 3. The van der Waals surface area contributed by atoms with E-state index < -0.39 is 17.7 Å². The predicted octanol–water partition coefficient (Wildman–Crippen LogP) is 1.11. The van der Waals surface area contributed by atoms with Gasteiger partial charge in [-0.05, 0) is 37.5 Å². The van der Waals surface area contributed by atoms with E-state index in [1.54, 1.807) is 13.8 Å². The minimum Gasteiger partial charge on any atom is -0.390 e. The van der Waals surface area contributed by atoms with E-state index >= 15 is 0 Å². The highest BCUT2D eigenvalue weighted by molar-refractivity contribution is 7.13. The molecule has 2 saturated heterocycles. The van der Waals surface area contributed by atoms with Crippen LogP contribution in [0.4, 0.5) is 10.6 Å². The molecule has 3 heterocycles. The largest absolute Gasteiger partial charge is 0.390 e. The summed E-state index contributed by atoms with van der Waals surface area (Å²) in [5, 5.41) is 14.2. The molecule has 3 amide bonds. The third kappa shape index (κ3) is 3.57. The summed E-state index contributed by atoms with van der Waals surface area (Å²) in [7, 11) is 0. The zero-order valence-corrected chi connectivity index (χ0v) is 16.9. The lowest BCUT2D eigenvalue weighted by Crippen LogP contribution is -2.50. The normalized spacial score (nSPS) is 21.4. The van der Waals surface area contributed by atoms with Gasteiger partial charge in [0.15, 0.2) is 0 Å². The van der Waals surface area contributed by atoms with Crippen molar-refractivity contribution in [3.8, 4) is 0 Å². The number of aliphatic hydroxyl groups excluding tert-OH is 1. The van der Waals surface area contributed by atoms with Crippen LogP contribution >= 0.6 is 11.5 Å². The van der Waals surface area contributed by atoms with Crippen LogP contribution in [0.5, 0.6) is 0 Å². The summed E-state index contributed by atoms with van der Waals surface area (Å²) >= 11 is 1.52. The molecule has 150 valence electrons. The van der Waals surface area contributed by atoms with Crippen LogP contribution in [0.3, 0.4) is 0 Å². The predicted molar refractivity (Wildman–Crippen MR) is 109 cm³/mol. The highest BCUT2D eigenvalue weighted by Crippen LogP contribution is 2.29. The number of nitrogens with one attached hydrogen (secondary N) is 1. The molecule has 0 unspecified atom stereocenters. The van der Waals surface area contributed by atoms with Gasteiger partial charge in [0.1, 0.15) is 11.4 Å². The zero-order valence-electron chi connectivity index (χ0n) is 16.1. The Morgan fingerprint density at radius 2 is 1.89 bits per heavy atom. The molecule has 0 radical (unpaired) electrons. The highest BCUT2D eigenvalue weighted by Gasteiger charge is 2.44. The maximum atomic E-state index is 12.3. The Morgan fingerprint density at radius 3 is 2.57 bits per heavy atom. The number of hydrogen-bond acceptors (Lipinski definition) is 7. The Hall–Kier alpha value is -2.23. The molecule has 2 fully saturated rings. The van der Waals surface area contributed by atoms with Crippen molar-refractivity contribution in [2.75, 3.05) is 44.2 Å². The van der Waals surface area contributed by atoms with E-state index in [1.165, 1.54) is 21.6 Å². The van der Waals surface area contributed by atoms with Crippen molar-refractivity contribution in [1.29, 1.82) is 0 Å². The van der Waals surface area contributed by atoms with Crippen molar-refractivity contribution in [3.63, 3.8) is 0 Å². The summed E-state index contributed by atoms with van der Waals surface area (Å²) in [4.78, 5) is 29.8. The average Bonchev–Trinajstić information content (AvgIpc) is 3.17. The van der Waals surface area contributed by atoms with E-state index in [1.807, 2.05) is 12.1 Å². The number of hydrogen-bond donors (Lipinski definition) is 2. The van der Waals surface area contributed by atoms with Gasteiger partial charge in [-0.1, -0.05) is 12.1 Å². The Bertz CT molecular complexity index is 891. The fraction of sp³-hybridized carbons (Fsp3) is 0.526. The van der Waals surface area contributed by atoms with E-state index in [2.05, 4.69) is 31.6 Å². The highest BCUT2D eigenvalue weighted by atomic mass is 32.1. The van der Waals surface area contributed by atoms with Crippen LogP contribution in [0.1, 0.15) is 13.8 Å². The van der Waals surface area contributed by atoms with Crippen molar-refractivity contribution in [3.05, 3.63) is 24.3 Å². The number of carbonyl (C=O) groups excluding carboxylic acids is 2. The quantitative estimate of drug-likeness (QED) is 0.727. The fourth-order valence-electron chi connectivity index (χ4n) is 3.79. The van der Waals surface area contributed by atoms with Gasteiger partial charge in [-0.25, -0.2) is 4.79 Å². The third-order valence-corrected chi connectivity index (χ3v) is 6.15. The number of nitrogens with zero attached hydrogens (tertiary/aromatic N) is 4. The SMILES string of the molecule is CC1(C)NC(=O)N(C[C@H](O)CN2CCN(c3nsc4ccccc34)CC2)C1=O. The lowest BCUT2D eigenvalue weighted by Gasteiger charge is -2.36. The van der Waals surface area contributed by atoms with Gasteiger partial charge >= 0.3 is 6.03 Å². The molecule has 28 heavy (non-hydrogen) atoms. The number of aromatic nitrogens is 1. The van der Waals surface area contributed by atoms with Gasteiger partial charge in [0.2, 0.25) is 0 Å². The molecule has 8 nitrogen and oxygen atoms in total. The van der Waals surface area contributed by atoms with Crippen molar-refractivity contribution in [2.24, 2.45) is 0 Å². The maximum Gasteiger partial charge on any atom is 0.325 e. The molecule has 0 spiro atoms. The van der Waals surface area contributed by atoms with Gasteiger partial charge < -0.3 is 15.3 Å². The van der Waals surface area contributed by atoms with E-state index in [-0.39, 0.29) is 12.5 Å². The smallest absolute Gasteiger partial charge is 0.325 e. The van der Waals surface area contributed by atoms with Crippen molar-refractivity contribution >= 4 is 39.4 Å². The average molecular weight is 404 g/mol. The third-order valence-electron chi connectivity index (χ3n) is 5.34. The summed E-state index contributed by atoms with van der Waals surface area (Å²) in [5.41, 5.74) is -0.904. The van der Waals surface area contributed by atoms with Gasteiger partial charge in [0.25, 0.3) is 5.91 Å². The van der Waals surface area contributed by atoms with E-state index in [4.69, 9.17) is 0 Å². The number of piperazine rings is 1. The van der Waals surface area contributed by atoms with E-state index in [0.717, 1.165) is 36.9 Å². The maximum absolute atomic E-state index is 12.3. The molecule has 0 aliphatic carbocycles.